The number of allylic oxidation sites excluding steroid dienone is 1. The van der Waals surface area contributed by atoms with Gasteiger partial charge in [0.15, 0.2) is 18.1 Å². The molecule has 0 fully saturated rings. The largest absolute Gasteiger partial charge is 0.493 e. The Labute approximate surface area is 149 Å². The summed E-state index contributed by atoms with van der Waals surface area (Å²) in [5.74, 6) is -0.661. The van der Waals surface area contributed by atoms with E-state index in [2.05, 4.69) is 5.32 Å². The number of methoxy groups -OCH3 is 1. The van der Waals surface area contributed by atoms with Gasteiger partial charge in [-0.3, -0.25) is 14.9 Å². The van der Waals surface area contributed by atoms with Crippen LogP contribution in [0.4, 0.5) is 15.8 Å². The smallest absolute Gasteiger partial charge is 0.271 e. The van der Waals surface area contributed by atoms with Crippen LogP contribution in [-0.4, -0.2) is 24.5 Å². The maximum Gasteiger partial charge on any atom is 0.271 e. The van der Waals surface area contributed by atoms with Gasteiger partial charge in [0.25, 0.3) is 11.6 Å². The molecule has 0 aliphatic carbocycles. The number of nitrogens with one attached hydrogen (secondary N) is 1. The normalized spacial score (nSPS) is 10.6. The molecule has 7 nitrogen and oxygen atoms in total. The molecule has 0 saturated carbocycles. The van der Waals surface area contributed by atoms with Crippen LogP contribution in [0.5, 0.6) is 11.5 Å². The molecular weight excluding hydrogens is 343 g/mol. The first-order valence-electron chi connectivity index (χ1n) is 7.62. The fourth-order valence-corrected chi connectivity index (χ4v) is 2.15. The van der Waals surface area contributed by atoms with Gasteiger partial charge in [0.2, 0.25) is 0 Å². The molecule has 1 N–H and O–H groups in total. The second-order valence-corrected chi connectivity index (χ2v) is 5.17. The molecule has 2 rings (SSSR count). The topological polar surface area (TPSA) is 90.7 Å². The molecule has 1 amide bonds. The summed E-state index contributed by atoms with van der Waals surface area (Å²) in [7, 11) is 1.47. The molecule has 0 bridgehead atoms. The molecule has 0 unspecified atom stereocenters. The predicted octanol–water partition coefficient (Wildman–Crippen LogP) is 3.79. The monoisotopic (exact) mass is 360 g/mol. The van der Waals surface area contributed by atoms with Gasteiger partial charge >= 0.3 is 0 Å². The van der Waals surface area contributed by atoms with E-state index >= 15 is 0 Å². The van der Waals surface area contributed by atoms with Crippen LogP contribution in [0, 0.1) is 15.9 Å². The Kier molecular flexibility index (Phi) is 6.26. The average Bonchev–Trinajstić information content (AvgIpc) is 2.62. The Morgan fingerprint density at radius 1 is 1.27 bits per heavy atom. The van der Waals surface area contributed by atoms with Gasteiger partial charge in [0.1, 0.15) is 5.82 Å². The van der Waals surface area contributed by atoms with Crippen molar-refractivity contribution in [2.24, 2.45) is 0 Å². The molecular formula is C18H17FN2O5. The molecule has 0 aliphatic heterocycles. The number of ether oxygens (including phenoxy) is 2. The van der Waals surface area contributed by atoms with Crippen molar-refractivity contribution in [1.29, 1.82) is 0 Å². The third-order valence-electron chi connectivity index (χ3n) is 3.34. The third-order valence-corrected chi connectivity index (χ3v) is 3.34. The maximum atomic E-state index is 13.7. The molecule has 0 aromatic heterocycles. The molecule has 0 saturated heterocycles. The van der Waals surface area contributed by atoms with E-state index in [1.54, 1.807) is 18.2 Å². The van der Waals surface area contributed by atoms with E-state index in [1.807, 2.05) is 19.1 Å². The zero-order chi connectivity index (χ0) is 19.1. The number of rotatable bonds is 7. The first-order chi connectivity index (χ1) is 12.4. The number of non-ortho nitro benzene ring substituents is 1. The number of hydrogen-bond donors (Lipinski definition) is 1. The van der Waals surface area contributed by atoms with E-state index in [-0.39, 0.29) is 11.4 Å². The van der Waals surface area contributed by atoms with Crippen molar-refractivity contribution in [3.8, 4) is 11.5 Å². The number of hydrogen-bond acceptors (Lipinski definition) is 5. The molecule has 2 aromatic rings. The van der Waals surface area contributed by atoms with Crippen LogP contribution in [0.1, 0.15) is 12.5 Å². The minimum atomic E-state index is -0.780. The van der Waals surface area contributed by atoms with Gasteiger partial charge in [-0.05, 0) is 30.7 Å². The number of benzene rings is 2. The number of carbonyl (C=O) groups is 1. The Morgan fingerprint density at radius 2 is 2.04 bits per heavy atom. The first-order valence-corrected chi connectivity index (χ1v) is 7.62. The molecule has 0 spiro atoms. The lowest BCUT2D eigenvalue weighted by Crippen LogP contribution is -2.21. The van der Waals surface area contributed by atoms with Crippen LogP contribution in [0.15, 0.2) is 42.5 Å². The lowest BCUT2D eigenvalue weighted by Gasteiger charge is -2.12. The summed E-state index contributed by atoms with van der Waals surface area (Å²) in [6.45, 7) is 1.47. The Morgan fingerprint density at radius 3 is 2.69 bits per heavy atom. The summed E-state index contributed by atoms with van der Waals surface area (Å²) in [4.78, 5) is 22.0. The zero-order valence-corrected chi connectivity index (χ0v) is 14.2. The van der Waals surface area contributed by atoms with Crippen molar-refractivity contribution in [2.75, 3.05) is 19.0 Å². The number of anilines is 1. The first kappa shape index (κ1) is 18.9. The fourth-order valence-electron chi connectivity index (χ4n) is 2.15. The van der Waals surface area contributed by atoms with E-state index in [1.165, 1.54) is 7.11 Å². The summed E-state index contributed by atoms with van der Waals surface area (Å²) in [5.41, 5.74) is 0.284. The van der Waals surface area contributed by atoms with E-state index in [0.717, 1.165) is 23.8 Å². The van der Waals surface area contributed by atoms with E-state index in [4.69, 9.17) is 9.47 Å². The molecule has 8 heteroatoms. The van der Waals surface area contributed by atoms with Crippen LogP contribution in [0.3, 0.4) is 0 Å². The lowest BCUT2D eigenvalue weighted by molar-refractivity contribution is -0.384. The van der Waals surface area contributed by atoms with Crippen molar-refractivity contribution in [2.45, 2.75) is 6.92 Å². The van der Waals surface area contributed by atoms with E-state index < -0.39 is 23.3 Å². The van der Waals surface area contributed by atoms with E-state index in [9.17, 15) is 19.3 Å². The van der Waals surface area contributed by atoms with Crippen LogP contribution in [0.2, 0.25) is 0 Å². The highest BCUT2D eigenvalue weighted by Crippen LogP contribution is 2.28. The summed E-state index contributed by atoms with van der Waals surface area (Å²) in [6, 6.07) is 8.05. The van der Waals surface area contributed by atoms with Crippen molar-refractivity contribution < 1.29 is 23.6 Å². The third kappa shape index (κ3) is 4.79. The van der Waals surface area contributed by atoms with Crippen LogP contribution < -0.4 is 14.8 Å². The Bertz CT molecular complexity index is 851. The number of amides is 1. The average molecular weight is 360 g/mol. The molecule has 2 aromatic carbocycles. The quantitative estimate of drug-likeness (QED) is 0.599. The standard InChI is InChI=1S/C18H17FN2O5/c1-3-4-12-5-8-16(17(9-12)25-2)26-11-18(22)20-15-10-13(21(23)24)6-7-14(15)19/h3-10H,11H2,1-2H3,(H,20,22)/b4-3+. The summed E-state index contributed by atoms with van der Waals surface area (Å²) >= 11 is 0. The highest BCUT2D eigenvalue weighted by atomic mass is 19.1. The molecule has 0 aliphatic rings. The number of nitro groups is 1. The molecule has 26 heavy (non-hydrogen) atoms. The van der Waals surface area contributed by atoms with Crippen molar-refractivity contribution in [1.82, 2.24) is 0 Å². The number of nitro benzene ring substituents is 1. The summed E-state index contributed by atoms with van der Waals surface area (Å²) < 4.78 is 24.3. The van der Waals surface area contributed by atoms with Crippen molar-refractivity contribution in [3.63, 3.8) is 0 Å². The molecule has 136 valence electrons. The summed E-state index contributed by atoms with van der Waals surface area (Å²) in [6.07, 6.45) is 3.75. The lowest BCUT2D eigenvalue weighted by atomic mass is 10.2. The van der Waals surface area contributed by atoms with Gasteiger partial charge in [-0.25, -0.2) is 4.39 Å². The van der Waals surface area contributed by atoms with Crippen molar-refractivity contribution in [3.05, 3.63) is 64.0 Å². The summed E-state index contributed by atoms with van der Waals surface area (Å²) in [5, 5.41) is 13.0. The maximum absolute atomic E-state index is 13.7. The van der Waals surface area contributed by atoms with E-state index in [0.29, 0.717) is 11.5 Å². The Balaban J connectivity index is 2.05. The highest BCUT2D eigenvalue weighted by Gasteiger charge is 2.14. The van der Waals surface area contributed by atoms with Gasteiger partial charge in [0, 0.05) is 12.1 Å². The van der Waals surface area contributed by atoms with Gasteiger partial charge in [-0.1, -0.05) is 18.2 Å². The van der Waals surface area contributed by atoms with Gasteiger partial charge < -0.3 is 14.8 Å². The SMILES string of the molecule is C/C=C/c1ccc(OCC(=O)Nc2cc([N+](=O)[O-])ccc2F)c(OC)c1. The highest BCUT2D eigenvalue weighted by molar-refractivity contribution is 5.92. The Hall–Kier alpha value is -3.42. The number of carbonyl (C=O) groups excluding carboxylic acids is 1. The van der Waals surface area contributed by atoms with Crippen LogP contribution in [-0.2, 0) is 4.79 Å². The minimum absolute atomic E-state index is 0.289. The van der Waals surface area contributed by atoms with Crippen LogP contribution >= 0.6 is 0 Å². The van der Waals surface area contributed by atoms with Crippen LogP contribution in [0.25, 0.3) is 6.08 Å². The molecule has 0 atom stereocenters. The zero-order valence-electron chi connectivity index (χ0n) is 14.2. The van der Waals surface area contributed by atoms with Crippen molar-refractivity contribution >= 4 is 23.4 Å². The van der Waals surface area contributed by atoms with Gasteiger partial charge in [0.05, 0.1) is 17.7 Å². The minimum Gasteiger partial charge on any atom is -0.493 e. The molecule has 0 heterocycles. The predicted molar refractivity (Wildman–Crippen MR) is 94.9 cm³/mol. The number of halogens is 1. The fraction of sp³-hybridized carbons (Fsp3) is 0.167. The number of nitrogens with zero attached hydrogens (tertiary/aromatic N) is 1. The molecule has 0 radical (unpaired) electrons. The second kappa shape index (κ2) is 8.61. The second-order valence-electron chi connectivity index (χ2n) is 5.17. The van der Waals surface area contributed by atoms with Gasteiger partial charge in [-0.15, -0.1) is 0 Å². The van der Waals surface area contributed by atoms with Gasteiger partial charge in [-0.2, -0.15) is 0 Å².